The van der Waals surface area contributed by atoms with Crippen LogP contribution in [0.15, 0.2) is 0 Å². The second kappa shape index (κ2) is 6.19. The summed E-state index contributed by atoms with van der Waals surface area (Å²) in [5.41, 5.74) is -0.853. The van der Waals surface area contributed by atoms with Gasteiger partial charge in [0.2, 0.25) is 0 Å². The Labute approximate surface area is 89.8 Å². The molecule has 1 atom stereocenters. The maximum Gasteiger partial charge on any atom is 0.320 e. The summed E-state index contributed by atoms with van der Waals surface area (Å²) < 4.78 is 17.7. The van der Waals surface area contributed by atoms with Gasteiger partial charge in [0.15, 0.2) is 0 Å². The molecule has 1 saturated heterocycles. The summed E-state index contributed by atoms with van der Waals surface area (Å²) in [6, 6.07) is 0. The molecule has 2 N–H and O–H groups in total. The average Bonchev–Trinajstić information content (AvgIpc) is 2.19. The molecule has 84 valence electrons. The van der Waals surface area contributed by atoms with Gasteiger partial charge in [0, 0.05) is 0 Å². The normalized spacial score (nSPS) is 26.4. The summed E-state index contributed by atoms with van der Waals surface area (Å²) in [6.07, 6.45) is 1.52. The Kier molecular flexibility index (Phi) is 6.04. The van der Waals surface area contributed by atoms with E-state index in [-0.39, 0.29) is 18.4 Å². The molecule has 5 heteroatoms. The van der Waals surface area contributed by atoms with Crippen molar-refractivity contribution in [2.45, 2.75) is 19.8 Å². The van der Waals surface area contributed by atoms with Crippen molar-refractivity contribution in [3.05, 3.63) is 0 Å². The van der Waals surface area contributed by atoms with Gasteiger partial charge < -0.3 is 22.5 Å². The third kappa shape index (κ3) is 2.82. The predicted molar refractivity (Wildman–Crippen MR) is 45.9 cm³/mol. The van der Waals surface area contributed by atoms with Crippen molar-refractivity contribution in [1.29, 1.82) is 0 Å². The number of ether oxygens (including phenoxy) is 1. The van der Waals surface area contributed by atoms with Crippen molar-refractivity contribution in [2.75, 3.05) is 26.4 Å². The Bertz CT molecular complexity index is 184. The lowest BCUT2D eigenvalue weighted by Gasteiger charge is -2.29. The van der Waals surface area contributed by atoms with E-state index >= 15 is 0 Å². The molecule has 0 radical (unpaired) electrons. The van der Waals surface area contributed by atoms with E-state index in [1.807, 2.05) is 5.32 Å². The number of hydrogen-bond acceptors (Lipinski definition) is 2. The summed E-state index contributed by atoms with van der Waals surface area (Å²) >= 11 is 0. The highest BCUT2D eigenvalue weighted by Crippen LogP contribution is 2.26. The maximum atomic E-state index is 12.8. The first-order valence-electron chi connectivity index (χ1n) is 4.80. The SMILES string of the molecule is CCOC(=O)C1(CF)CCC[NH2+]C1.[Cl-]. The van der Waals surface area contributed by atoms with E-state index in [2.05, 4.69) is 0 Å². The summed E-state index contributed by atoms with van der Waals surface area (Å²) in [5.74, 6) is -0.367. The van der Waals surface area contributed by atoms with Gasteiger partial charge in [0.1, 0.15) is 12.1 Å². The fourth-order valence-corrected chi connectivity index (χ4v) is 1.71. The molecule has 3 nitrogen and oxygen atoms in total. The van der Waals surface area contributed by atoms with E-state index in [0.717, 1.165) is 13.0 Å². The lowest BCUT2D eigenvalue weighted by molar-refractivity contribution is -0.673. The van der Waals surface area contributed by atoms with Crippen LogP contribution in [-0.2, 0) is 9.53 Å². The minimum atomic E-state index is -0.853. The van der Waals surface area contributed by atoms with Gasteiger partial charge in [-0.05, 0) is 19.8 Å². The molecule has 14 heavy (non-hydrogen) atoms. The van der Waals surface area contributed by atoms with E-state index in [1.165, 1.54) is 0 Å². The Morgan fingerprint density at radius 2 is 2.36 bits per heavy atom. The van der Waals surface area contributed by atoms with Crippen molar-refractivity contribution in [2.24, 2.45) is 5.41 Å². The number of carbonyl (C=O) groups is 1. The molecule has 0 bridgehead atoms. The van der Waals surface area contributed by atoms with Gasteiger partial charge >= 0.3 is 5.97 Å². The first-order valence-corrected chi connectivity index (χ1v) is 4.80. The number of esters is 1. The van der Waals surface area contributed by atoms with Gasteiger partial charge in [0.25, 0.3) is 0 Å². The molecular formula is C9H17ClFNO2. The third-order valence-corrected chi connectivity index (χ3v) is 2.56. The summed E-state index contributed by atoms with van der Waals surface area (Å²) in [5, 5.41) is 1.99. The minimum absolute atomic E-state index is 0. The Morgan fingerprint density at radius 3 is 2.79 bits per heavy atom. The van der Waals surface area contributed by atoms with Crippen molar-refractivity contribution < 1.29 is 31.6 Å². The zero-order valence-electron chi connectivity index (χ0n) is 8.39. The molecule has 0 aromatic heterocycles. The van der Waals surface area contributed by atoms with Crippen molar-refractivity contribution in [3.8, 4) is 0 Å². The van der Waals surface area contributed by atoms with E-state index < -0.39 is 12.1 Å². The van der Waals surface area contributed by atoms with Gasteiger partial charge in [-0.15, -0.1) is 0 Å². The second-order valence-corrected chi connectivity index (χ2v) is 3.52. The van der Waals surface area contributed by atoms with Gasteiger partial charge in [-0.2, -0.15) is 0 Å². The van der Waals surface area contributed by atoms with Crippen LogP contribution in [0.4, 0.5) is 4.39 Å². The predicted octanol–water partition coefficient (Wildman–Crippen LogP) is -3.13. The van der Waals surface area contributed by atoms with Gasteiger partial charge in [-0.1, -0.05) is 0 Å². The number of carbonyl (C=O) groups excluding carboxylic acids is 1. The maximum absolute atomic E-state index is 12.8. The summed E-state index contributed by atoms with van der Waals surface area (Å²) in [7, 11) is 0. The van der Waals surface area contributed by atoms with Crippen molar-refractivity contribution in [3.63, 3.8) is 0 Å². The monoisotopic (exact) mass is 225 g/mol. The van der Waals surface area contributed by atoms with Gasteiger partial charge in [0.05, 0.1) is 19.7 Å². The topological polar surface area (TPSA) is 42.9 Å². The lowest BCUT2D eigenvalue weighted by atomic mass is 9.82. The molecule has 0 aromatic rings. The van der Waals surface area contributed by atoms with E-state index in [1.54, 1.807) is 6.92 Å². The molecule has 0 aromatic carbocycles. The van der Waals surface area contributed by atoms with Crippen LogP contribution in [0.25, 0.3) is 0 Å². The quantitative estimate of drug-likeness (QED) is 0.516. The smallest absolute Gasteiger partial charge is 0.320 e. The first kappa shape index (κ1) is 13.7. The highest BCUT2D eigenvalue weighted by Gasteiger charge is 2.43. The molecule has 1 aliphatic rings. The van der Waals surface area contributed by atoms with E-state index in [9.17, 15) is 9.18 Å². The summed E-state index contributed by atoms with van der Waals surface area (Å²) in [4.78, 5) is 11.5. The van der Waals surface area contributed by atoms with Crippen LogP contribution in [-0.4, -0.2) is 32.3 Å². The Hall–Kier alpha value is -0.350. The van der Waals surface area contributed by atoms with Crippen LogP contribution in [0.3, 0.4) is 0 Å². The summed E-state index contributed by atoms with van der Waals surface area (Å²) in [6.45, 7) is 3.00. The van der Waals surface area contributed by atoms with Crippen LogP contribution < -0.4 is 17.7 Å². The highest BCUT2D eigenvalue weighted by atomic mass is 35.5. The molecule has 1 aliphatic heterocycles. The molecular weight excluding hydrogens is 209 g/mol. The second-order valence-electron chi connectivity index (χ2n) is 3.52. The fourth-order valence-electron chi connectivity index (χ4n) is 1.71. The number of hydrogen-bond donors (Lipinski definition) is 1. The molecule has 1 heterocycles. The van der Waals surface area contributed by atoms with E-state index in [4.69, 9.17) is 4.74 Å². The molecule has 0 aliphatic carbocycles. The Morgan fingerprint density at radius 1 is 1.64 bits per heavy atom. The van der Waals surface area contributed by atoms with E-state index in [0.29, 0.717) is 19.6 Å². The molecule has 0 spiro atoms. The van der Waals surface area contributed by atoms with Crippen molar-refractivity contribution >= 4 is 5.97 Å². The van der Waals surface area contributed by atoms with Crippen molar-refractivity contribution in [1.82, 2.24) is 0 Å². The zero-order valence-corrected chi connectivity index (χ0v) is 9.15. The lowest BCUT2D eigenvalue weighted by Crippen LogP contribution is -3.00. The minimum Gasteiger partial charge on any atom is -1.00 e. The Balaban J connectivity index is 0.00000169. The fraction of sp³-hybridized carbons (Fsp3) is 0.889. The van der Waals surface area contributed by atoms with Crippen LogP contribution >= 0.6 is 0 Å². The van der Waals surface area contributed by atoms with Crippen LogP contribution in [0.1, 0.15) is 19.8 Å². The third-order valence-electron chi connectivity index (χ3n) is 2.56. The highest BCUT2D eigenvalue weighted by molar-refractivity contribution is 5.77. The molecule has 1 fully saturated rings. The number of rotatable bonds is 3. The zero-order chi connectivity index (χ0) is 9.73. The number of alkyl halides is 1. The first-order chi connectivity index (χ1) is 6.25. The van der Waals surface area contributed by atoms with Gasteiger partial charge in [-0.25, -0.2) is 4.39 Å². The molecule has 0 amide bonds. The van der Waals surface area contributed by atoms with Crippen LogP contribution in [0, 0.1) is 5.41 Å². The van der Waals surface area contributed by atoms with Crippen LogP contribution in [0.2, 0.25) is 0 Å². The molecule has 1 unspecified atom stereocenters. The number of halogens is 2. The number of quaternary nitrogens is 1. The molecule has 0 saturated carbocycles. The standard InChI is InChI=1S/C9H16FNO2.ClH/c1-2-13-8(12)9(6-10)4-3-5-11-7-9;/h11H,2-7H2,1H3;1H. The molecule has 1 rings (SSSR count). The van der Waals surface area contributed by atoms with Crippen LogP contribution in [0.5, 0.6) is 0 Å². The number of piperidine rings is 1. The average molecular weight is 226 g/mol. The largest absolute Gasteiger partial charge is 1.00 e. The van der Waals surface area contributed by atoms with Gasteiger partial charge in [-0.3, -0.25) is 4.79 Å². The number of nitrogens with two attached hydrogens (primary N) is 1.